The summed E-state index contributed by atoms with van der Waals surface area (Å²) >= 11 is 0.952. The summed E-state index contributed by atoms with van der Waals surface area (Å²) in [5.41, 5.74) is 1.08. The van der Waals surface area contributed by atoms with E-state index >= 15 is 0 Å². The van der Waals surface area contributed by atoms with Gasteiger partial charge in [0.15, 0.2) is 16.6 Å². The number of hydrogen-bond acceptors (Lipinski definition) is 10. The second-order valence-corrected chi connectivity index (χ2v) is 11.3. The topological polar surface area (TPSA) is 124 Å². The number of hydrogen-bond donors (Lipinski definition) is 1. The van der Waals surface area contributed by atoms with Crippen molar-refractivity contribution in [3.8, 4) is 17.2 Å². The highest BCUT2D eigenvalue weighted by molar-refractivity contribution is 7.17. The lowest BCUT2D eigenvalue weighted by Gasteiger charge is -2.24. The van der Waals surface area contributed by atoms with Crippen LogP contribution in [0.25, 0.3) is 5.76 Å². The van der Waals surface area contributed by atoms with Crippen LogP contribution in [-0.2, 0) is 14.3 Å². The van der Waals surface area contributed by atoms with Crippen molar-refractivity contribution in [2.24, 2.45) is 0 Å². The molecule has 1 atom stereocenters. The Morgan fingerprint density at radius 3 is 2.24 bits per heavy atom. The molecule has 11 heteroatoms. The van der Waals surface area contributed by atoms with Crippen LogP contribution >= 0.6 is 11.3 Å². The fourth-order valence-corrected chi connectivity index (χ4v) is 5.81. The highest BCUT2D eigenvalue weighted by atomic mass is 32.1. The molecule has 1 aliphatic heterocycles. The summed E-state index contributed by atoms with van der Waals surface area (Å²) in [6.07, 6.45) is 3.73. The Labute approximate surface area is 267 Å². The Bertz CT molecular complexity index is 1550. The van der Waals surface area contributed by atoms with E-state index in [0.717, 1.165) is 37.0 Å². The number of nitrogens with zero attached hydrogens (tertiary/aromatic N) is 2. The van der Waals surface area contributed by atoms with E-state index in [1.54, 1.807) is 56.3 Å². The molecule has 2 aromatic carbocycles. The number of carbonyl (C=O) groups excluding carboxylic acids is 3. The number of aryl methyl sites for hydroxylation is 1. The van der Waals surface area contributed by atoms with Crippen molar-refractivity contribution >= 4 is 39.9 Å². The number of ether oxygens (including phenoxy) is 4. The smallest absolute Gasteiger partial charge is 0.350 e. The fourth-order valence-electron chi connectivity index (χ4n) is 4.82. The largest absolute Gasteiger partial charge is 0.507 e. The number of carbonyl (C=O) groups is 3. The van der Waals surface area contributed by atoms with Crippen LogP contribution in [0.2, 0.25) is 0 Å². The van der Waals surface area contributed by atoms with Gasteiger partial charge in [0.05, 0.1) is 43.7 Å². The third-order valence-electron chi connectivity index (χ3n) is 7.13. The minimum atomic E-state index is -1.07. The second kappa shape index (κ2) is 15.6. The lowest BCUT2D eigenvalue weighted by Crippen LogP contribution is -2.29. The van der Waals surface area contributed by atoms with E-state index in [-0.39, 0.29) is 27.9 Å². The van der Waals surface area contributed by atoms with E-state index in [1.807, 2.05) is 6.92 Å². The number of rotatable bonds is 15. The number of amides is 1. The number of benzene rings is 2. The summed E-state index contributed by atoms with van der Waals surface area (Å²) in [5, 5.41) is 11.7. The van der Waals surface area contributed by atoms with Crippen LogP contribution in [0, 0.1) is 6.92 Å². The van der Waals surface area contributed by atoms with Crippen LogP contribution in [-0.4, -0.2) is 54.2 Å². The lowest BCUT2D eigenvalue weighted by molar-refractivity contribution is -0.132. The van der Waals surface area contributed by atoms with Gasteiger partial charge < -0.3 is 24.1 Å². The van der Waals surface area contributed by atoms with Crippen molar-refractivity contribution in [3.05, 3.63) is 69.7 Å². The third-order valence-corrected chi connectivity index (χ3v) is 8.27. The summed E-state index contributed by atoms with van der Waals surface area (Å²) in [5.74, 6) is -1.09. The quantitative estimate of drug-likeness (QED) is 0.0617. The highest BCUT2D eigenvalue weighted by Gasteiger charge is 2.48. The van der Waals surface area contributed by atoms with Crippen LogP contribution in [0.3, 0.4) is 0 Å². The first-order valence-corrected chi connectivity index (χ1v) is 16.1. The Hall–Kier alpha value is -4.38. The zero-order valence-electron chi connectivity index (χ0n) is 26.4. The number of thiazole rings is 1. The molecule has 240 valence electrons. The van der Waals surface area contributed by atoms with Gasteiger partial charge in [-0.25, -0.2) is 9.78 Å². The van der Waals surface area contributed by atoms with E-state index in [2.05, 4.69) is 18.8 Å². The van der Waals surface area contributed by atoms with E-state index < -0.39 is 23.7 Å². The first-order valence-electron chi connectivity index (χ1n) is 15.3. The van der Waals surface area contributed by atoms with Gasteiger partial charge in [0.1, 0.15) is 16.4 Å². The molecule has 1 N–H and O–H groups in total. The fraction of sp³-hybridized carbons (Fsp3) is 0.412. The maximum absolute atomic E-state index is 13.7. The van der Waals surface area contributed by atoms with Gasteiger partial charge in [-0.15, -0.1) is 0 Å². The monoisotopic (exact) mass is 636 g/mol. The van der Waals surface area contributed by atoms with Gasteiger partial charge in [-0.1, -0.05) is 44.1 Å². The van der Waals surface area contributed by atoms with Crippen molar-refractivity contribution in [1.82, 2.24) is 4.98 Å². The minimum Gasteiger partial charge on any atom is -0.507 e. The first-order chi connectivity index (χ1) is 21.7. The Kier molecular flexibility index (Phi) is 11.6. The van der Waals surface area contributed by atoms with E-state index in [1.165, 1.54) is 4.90 Å². The SMILES string of the molecule is CCCCOc1ccc(C(O)=C2C(=O)C(=O)N(c3nc(C)c(C(=O)OCC)s3)[C@@H]2c2ccc(OCCCC)c(OCC)c2)cc1. The molecule has 10 nitrogen and oxygen atoms in total. The molecule has 2 heterocycles. The molecule has 4 rings (SSSR count). The Morgan fingerprint density at radius 2 is 1.60 bits per heavy atom. The van der Waals surface area contributed by atoms with Gasteiger partial charge in [-0.05, 0) is 75.6 Å². The van der Waals surface area contributed by atoms with E-state index in [4.69, 9.17) is 18.9 Å². The van der Waals surface area contributed by atoms with Crippen molar-refractivity contribution in [2.75, 3.05) is 31.3 Å². The van der Waals surface area contributed by atoms with E-state index in [9.17, 15) is 19.5 Å². The number of aliphatic hydroxyl groups is 1. The molecule has 1 saturated heterocycles. The second-order valence-electron chi connectivity index (χ2n) is 10.4. The summed E-state index contributed by atoms with van der Waals surface area (Å²) in [4.78, 5) is 46.0. The standard InChI is InChI=1S/C34H40N2O8S/c1-6-10-18-43-24-15-12-22(13-16-24)29(37)27-28(23-14-17-25(44-19-11-7-2)26(20-23)41-8-3)36(32(39)30(27)38)34-35-21(5)31(45-34)33(40)42-9-4/h12-17,20,28,37H,6-11,18-19H2,1-5H3/t28-/m1/s1. The first kappa shape index (κ1) is 33.5. The summed E-state index contributed by atoms with van der Waals surface area (Å²) in [6, 6.07) is 10.8. The molecule has 1 aliphatic rings. The van der Waals surface area contributed by atoms with Gasteiger partial charge >= 0.3 is 11.9 Å². The molecular weight excluding hydrogens is 596 g/mol. The highest BCUT2D eigenvalue weighted by Crippen LogP contribution is 2.45. The average molecular weight is 637 g/mol. The molecule has 1 aromatic heterocycles. The van der Waals surface area contributed by atoms with Crippen molar-refractivity contribution in [3.63, 3.8) is 0 Å². The molecule has 45 heavy (non-hydrogen) atoms. The molecule has 1 fully saturated rings. The van der Waals surface area contributed by atoms with Gasteiger partial charge in [0.25, 0.3) is 5.78 Å². The lowest BCUT2D eigenvalue weighted by atomic mass is 9.95. The normalized spacial score (nSPS) is 15.8. The van der Waals surface area contributed by atoms with Crippen LogP contribution in [0.4, 0.5) is 5.13 Å². The van der Waals surface area contributed by atoms with Crippen LogP contribution in [0.1, 0.15) is 85.9 Å². The zero-order chi connectivity index (χ0) is 32.5. The molecule has 1 amide bonds. The van der Waals surface area contributed by atoms with Gasteiger partial charge in [0, 0.05) is 5.56 Å². The van der Waals surface area contributed by atoms with Gasteiger partial charge in [-0.2, -0.15) is 0 Å². The van der Waals surface area contributed by atoms with Crippen molar-refractivity contribution in [1.29, 1.82) is 0 Å². The number of ketones is 1. The maximum Gasteiger partial charge on any atom is 0.350 e. The van der Waals surface area contributed by atoms with Crippen LogP contribution in [0.5, 0.6) is 17.2 Å². The van der Waals surface area contributed by atoms with Crippen molar-refractivity contribution in [2.45, 2.75) is 66.3 Å². The van der Waals surface area contributed by atoms with E-state index in [0.29, 0.717) is 53.9 Å². The molecule has 0 aliphatic carbocycles. The number of Topliss-reactive ketones (excluding diaryl/α,β-unsaturated/α-hetero) is 1. The zero-order valence-corrected chi connectivity index (χ0v) is 27.2. The third kappa shape index (κ3) is 7.47. The van der Waals surface area contributed by atoms with Crippen LogP contribution < -0.4 is 19.1 Å². The van der Waals surface area contributed by atoms with Crippen LogP contribution in [0.15, 0.2) is 48.0 Å². The predicted molar refractivity (Wildman–Crippen MR) is 172 cm³/mol. The van der Waals surface area contributed by atoms with Gasteiger partial charge in [0.2, 0.25) is 0 Å². The maximum atomic E-state index is 13.7. The number of anilines is 1. The summed E-state index contributed by atoms with van der Waals surface area (Å²) in [6.45, 7) is 10.9. The summed E-state index contributed by atoms with van der Waals surface area (Å²) < 4.78 is 22.8. The van der Waals surface area contributed by atoms with Crippen molar-refractivity contribution < 1.29 is 38.4 Å². The predicted octanol–water partition coefficient (Wildman–Crippen LogP) is 7.01. The Balaban J connectivity index is 1.85. The Morgan fingerprint density at radius 1 is 0.911 bits per heavy atom. The molecular formula is C34H40N2O8S. The number of aliphatic hydroxyl groups excluding tert-OH is 1. The number of unbranched alkanes of at least 4 members (excludes halogenated alkanes) is 2. The van der Waals surface area contributed by atoms with Gasteiger partial charge in [-0.3, -0.25) is 14.5 Å². The number of esters is 1. The molecule has 0 bridgehead atoms. The summed E-state index contributed by atoms with van der Waals surface area (Å²) in [7, 11) is 0. The molecule has 0 spiro atoms. The average Bonchev–Trinajstić information content (AvgIpc) is 3.54. The molecule has 0 radical (unpaired) electrons. The number of aromatic nitrogens is 1. The minimum absolute atomic E-state index is 0.118. The molecule has 0 unspecified atom stereocenters. The molecule has 0 saturated carbocycles. The molecule has 3 aromatic rings.